The molecule has 0 N–H and O–H groups in total. The van der Waals surface area contributed by atoms with E-state index in [-0.39, 0.29) is 13.2 Å². The maximum Gasteiger partial charge on any atom is 0.254 e. The van der Waals surface area contributed by atoms with Crippen LogP contribution in [0.25, 0.3) is 0 Å². The predicted octanol–water partition coefficient (Wildman–Crippen LogP) is 4.15. The monoisotopic (exact) mass is 324 g/mol. The molecule has 0 bridgehead atoms. The van der Waals surface area contributed by atoms with E-state index in [0.29, 0.717) is 11.8 Å². The lowest BCUT2D eigenvalue weighted by molar-refractivity contribution is 0.231. The van der Waals surface area contributed by atoms with Gasteiger partial charge >= 0.3 is 0 Å². The van der Waals surface area contributed by atoms with Gasteiger partial charge in [-0.15, -0.1) is 10.2 Å². The Bertz CT molecular complexity index is 813. The Morgan fingerprint density at radius 3 is 2.12 bits per heavy atom. The number of hydrogen-bond acceptors (Lipinski definition) is 5. The highest BCUT2D eigenvalue weighted by atomic mass is 16.5. The predicted molar refractivity (Wildman–Crippen MR) is 90.1 cm³/mol. The fourth-order valence-electron chi connectivity index (χ4n) is 2.30. The van der Waals surface area contributed by atoms with Crippen molar-refractivity contribution in [2.45, 2.75) is 34.0 Å². The average Bonchev–Trinajstić information content (AvgIpc) is 3.04. The lowest BCUT2D eigenvalue weighted by atomic mass is 10.1. The van der Waals surface area contributed by atoms with E-state index in [0.717, 1.165) is 17.1 Å². The lowest BCUT2D eigenvalue weighted by Crippen LogP contribution is -1.98. The standard InChI is InChI=1S/C19H20N2O3/c1-13-9-15(3)17(10-14(13)2)23-12-19-21-20-18(24-19)11-22-16-7-5-4-6-8-16/h4-10H,11-12H2,1-3H3. The van der Waals surface area contributed by atoms with Crippen LogP contribution in [-0.2, 0) is 13.2 Å². The van der Waals surface area contributed by atoms with Gasteiger partial charge in [0.1, 0.15) is 11.5 Å². The van der Waals surface area contributed by atoms with Gasteiger partial charge in [-0.05, 0) is 55.7 Å². The molecule has 0 aliphatic heterocycles. The lowest BCUT2D eigenvalue weighted by Gasteiger charge is -2.10. The first-order valence-corrected chi connectivity index (χ1v) is 7.81. The van der Waals surface area contributed by atoms with Crippen molar-refractivity contribution in [2.75, 3.05) is 0 Å². The molecule has 5 nitrogen and oxygen atoms in total. The number of aromatic nitrogens is 2. The van der Waals surface area contributed by atoms with E-state index in [2.05, 4.69) is 30.1 Å². The van der Waals surface area contributed by atoms with Gasteiger partial charge in [-0.25, -0.2) is 0 Å². The highest BCUT2D eigenvalue weighted by Crippen LogP contribution is 2.23. The van der Waals surface area contributed by atoms with Crippen molar-refractivity contribution in [3.05, 3.63) is 70.9 Å². The van der Waals surface area contributed by atoms with Crippen LogP contribution < -0.4 is 9.47 Å². The zero-order chi connectivity index (χ0) is 16.9. The molecular formula is C19H20N2O3. The summed E-state index contributed by atoms with van der Waals surface area (Å²) in [6, 6.07) is 13.6. The first-order chi connectivity index (χ1) is 11.6. The Balaban J connectivity index is 1.57. The maximum atomic E-state index is 5.80. The molecule has 0 spiro atoms. The minimum atomic E-state index is 0.236. The molecule has 2 aromatic carbocycles. The second kappa shape index (κ2) is 7.17. The van der Waals surface area contributed by atoms with Crippen LogP contribution in [-0.4, -0.2) is 10.2 Å². The van der Waals surface area contributed by atoms with Crippen molar-refractivity contribution in [3.63, 3.8) is 0 Å². The largest absolute Gasteiger partial charge is 0.484 e. The SMILES string of the molecule is Cc1cc(C)c(OCc2nnc(COc3ccccc3)o2)cc1C. The zero-order valence-corrected chi connectivity index (χ0v) is 14.1. The first kappa shape index (κ1) is 16.1. The van der Waals surface area contributed by atoms with Gasteiger partial charge in [0.25, 0.3) is 11.8 Å². The summed E-state index contributed by atoms with van der Waals surface area (Å²) in [5.41, 5.74) is 3.53. The van der Waals surface area contributed by atoms with Crippen LogP contribution in [0.4, 0.5) is 0 Å². The molecular weight excluding hydrogens is 304 g/mol. The van der Waals surface area contributed by atoms with Crippen LogP contribution >= 0.6 is 0 Å². The third kappa shape index (κ3) is 3.93. The third-order valence-electron chi connectivity index (χ3n) is 3.76. The second-order valence-corrected chi connectivity index (χ2v) is 5.68. The van der Waals surface area contributed by atoms with Crippen LogP contribution in [0.1, 0.15) is 28.5 Å². The third-order valence-corrected chi connectivity index (χ3v) is 3.76. The Morgan fingerprint density at radius 2 is 1.42 bits per heavy atom. The van der Waals surface area contributed by atoms with Gasteiger partial charge in [-0.2, -0.15) is 0 Å². The molecule has 24 heavy (non-hydrogen) atoms. The van der Waals surface area contributed by atoms with Gasteiger partial charge < -0.3 is 13.9 Å². The highest BCUT2D eigenvalue weighted by Gasteiger charge is 2.09. The van der Waals surface area contributed by atoms with Crippen LogP contribution in [0.2, 0.25) is 0 Å². The first-order valence-electron chi connectivity index (χ1n) is 7.81. The summed E-state index contributed by atoms with van der Waals surface area (Å²) in [6.07, 6.45) is 0. The number of rotatable bonds is 6. The van der Waals surface area contributed by atoms with E-state index in [4.69, 9.17) is 13.9 Å². The molecule has 1 aromatic heterocycles. The Hall–Kier alpha value is -2.82. The molecule has 0 amide bonds. The van der Waals surface area contributed by atoms with Crippen molar-refractivity contribution in [3.8, 4) is 11.5 Å². The zero-order valence-electron chi connectivity index (χ0n) is 14.1. The minimum Gasteiger partial charge on any atom is -0.484 e. The average molecular weight is 324 g/mol. The van der Waals surface area contributed by atoms with Gasteiger partial charge in [0.05, 0.1) is 0 Å². The normalized spacial score (nSPS) is 10.6. The van der Waals surface area contributed by atoms with E-state index in [1.165, 1.54) is 11.1 Å². The number of aryl methyl sites for hydroxylation is 3. The summed E-state index contributed by atoms with van der Waals surface area (Å²) in [4.78, 5) is 0. The maximum absolute atomic E-state index is 5.80. The van der Waals surface area contributed by atoms with Crippen molar-refractivity contribution < 1.29 is 13.9 Å². The summed E-state index contributed by atoms with van der Waals surface area (Å²) in [5.74, 6) is 2.45. The molecule has 0 aliphatic carbocycles. The molecule has 0 aliphatic rings. The molecule has 0 radical (unpaired) electrons. The van der Waals surface area contributed by atoms with E-state index in [1.54, 1.807) is 0 Å². The molecule has 0 atom stereocenters. The van der Waals surface area contributed by atoms with E-state index in [1.807, 2.05) is 43.3 Å². The van der Waals surface area contributed by atoms with E-state index in [9.17, 15) is 0 Å². The molecule has 0 saturated carbocycles. The summed E-state index contributed by atoms with van der Waals surface area (Å²) in [7, 11) is 0. The van der Waals surface area contributed by atoms with Crippen LogP contribution in [0.5, 0.6) is 11.5 Å². The van der Waals surface area contributed by atoms with E-state index < -0.39 is 0 Å². The summed E-state index contributed by atoms with van der Waals surface area (Å²) in [5, 5.41) is 7.97. The summed E-state index contributed by atoms with van der Waals surface area (Å²) < 4.78 is 16.9. The van der Waals surface area contributed by atoms with Gasteiger partial charge in [-0.3, -0.25) is 0 Å². The number of hydrogen-bond donors (Lipinski definition) is 0. The topological polar surface area (TPSA) is 57.4 Å². The van der Waals surface area contributed by atoms with Crippen molar-refractivity contribution in [1.82, 2.24) is 10.2 Å². The molecule has 1 heterocycles. The van der Waals surface area contributed by atoms with E-state index >= 15 is 0 Å². The fraction of sp³-hybridized carbons (Fsp3) is 0.263. The number of benzene rings is 2. The fourth-order valence-corrected chi connectivity index (χ4v) is 2.30. The molecule has 5 heteroatoms. The Labute approximate surface area is 141 Å². The van der Waals surface area contributed by atoms with Crippen LogP contribution in [0, 0.1) is 20.8 Å². The molecule has 3 aromatic rings. The molecule has 0 fully saturated rings. The van der Waals surface area contributed by atoms with Crippen LogP contribution in [0.3, 0.4) is 0 Å². The van der Waals surface area contributed by atoms with Gasteiger partial charge in [0.15, 0.2) is 13.2 Å². The van der Waals surface area contributed by atoms with Gasteiger partial charge in [-0.1, -0.05) is 24.3 Å². The molecule has 3 rings (SSSR count). The Kier molecular flexibility index (Phi) is 4.79. The van der Waals surface area contributed by atoms with Gasteiger partial charge in [0, 0.05) is 0 Å². The highest BCUT2D eigenvalue weighted by molar-refractivity contribution is 5.40. The summed E-state index contributed by atoms with van der Waals surface area (Å²) >= 11 is 0. The van der Waals surface area contributed by atoms with Crippen molar-refractivity contribution >= 4 is 0 Å². The van der Waals surface area contributed by atoms with Gasteiger partial charge in [0.2, 0.25) is 0 Å². The van der Waals surface area contributed by atoms with Crippen molar-refractivity contribution in [2.24, 2.45) is 0 Å². The Morgan fingerprint density at radius 1 is 0.792 bits per heavy atom. The summed E-state index contributed by atoms with van der Waals surface area (Å²) in [6.45, 7) is 6.65. The minimum absolute atomic E-state index is 0.236. The number of ether oxygens (including phenoxy) is 2. The smallest absolute Gasteiger partial charge is 0.254 e. The molecule has 0 saturated heterocycles. The quantitative estimate of drug-likeness (QED) is 0.681. The number of para-hydroxylation sites is 1. The molecule has 124 valence electrons. The number of nitrogens with zero attached hydrogens (tertiary/aromatic N) is 2. The van der Waals surface area contributed by atoms with Crippen molar-refractivity contribution in [1.29, 1.82) is 0 Å². The second-order valence-electron chi connectivity index (χ2n) is 5.68. The van der Waals surface area contributed by atoms with Crippen LogP contribution in [0.15, 0.2) is 46.9 Å². The molecule has 0 unspecified atom stereocenters.